The minimum atomic E-state index is -3.60. The number of hydrogen-bond donors (Lipinski definition) is 2. The van der Waals surface area contributed by atoms with Gasteiger partial charge >= 0.3 is 6.03 Å². The van der Waals surface area contributed by atoms with Crippen molar-refractivity contribution in [1.82, 2.24) is 28.8 Å². The molecule has 0 aliphatic carbocycles. The number of anilines is 2. The molecule has 0 spiro atoms. The van der Waals surface area contributed by atoms with Crippen molar-refractivity contribution in [3.05, 3.63) is 60.6 Å². The molecule has 14 heteroatoms. The summed E-state index contributed by atoms with van der Waals surface area (Å²) in [6.45, 7) is 1.07. The van der Waals surface area contributed by atoms with E-state index in [0.717, 1.165) is 10.6 Å². The normalized spacial score (nSPS) is 16.0. The van der Waals surface area contributed by atoms with Gasteiger partial charge in [0.05, 0.1) is 19.1 Å². The first kappa shape index (κ1) is 24.8. The van der Waals surface area contributed by atoms with Gasteiger partial charge in [0.2, 0.25) is 5.88 Å². The van der Waals surface area contributed by atoms with Crippen LogP contribution in [-0.4, -0.2) is 63.0 Å². The number of pyridine rings is 2. The predicted molar refractivity (Wildman–Crippen MR) is 138 cm³/mol. The zero-order valence-corrected chi connectivity index (χ0v) is 21.4. The summed E-state index contributed by atoms with van der Waals surface area (Å²) < 4.78 is 34.5. The van der Waals surface area contributed by atoms with E-state index < -0.39 is 16.1 Å². The highest BCUT2D eigenvalue weighted by Gasteiger charge is 2.34. The highest BCUT2D eigenvalue weighted by Crippen LogP contribution is 2.26. The number of nitrogens with one attached hydrogen (secondary N) is 2. The Morgan fingerprint density at radius 2 is 1.95 bits per heavy atom. The van der Waals surface area contributed by atoms with E-state index in [4.69, 9.17) is 4.74 Å². The van der Waals surface area contributed by atoms with Gasteiger partial charge in [-0.15, -0.1) is 11.3 Å². The van der Waals surface area contributed by atoms with E-state index >= 15 is 0 Å². The molecule has 1 fully saturated rings. The number of sulfonamides is 1. The number of imidazole rings is 1. The Bertz CT molecular complexity index is 1490. The fourth-order valence-electron chi connectivity index (χ4n) is 3.87. The number of hydrogen-bond acceptors (Lipinski definition) is 9. The van der Waals surface area contributed by atoms with Crippen molar-refractivity contribution < 1.29 is 17.9 Å². The van der Waals surface area contributed by atoms with Crippen molar-refractivity contribution in [1.29, 1.82) is 0 Å². The summed E-state index contributed by atoms with van der Waals surface area (Å²) in [5, 5.41) is 8.05. The van der Waals surface area contributed by atoms with E-state index in [-0.39, 0.29) is 10.9 Å². The van der Waals surface area contributed by atoms with Gasteiger partial charge in [0, 0.05) is 55.5 Å². The first-order valence-corrected chi connectivity index (χ1v) is 13.7. The zero-order chi connectivity index (χ0) is 25.8. The van der Waals surface area contributed by atoms with Gasteiger partial charge in [-0.1, -0.05) is 6.07 Å². The largest absolute Gasteiger partial charge is 0.477 e. The van der Waals surface area contributed by atoms with Crippen molar-refractivity contribution in [2.45, 2.75) is 11.4 Å². The van der Waals surface area contributed by atoms with E-state index in [2.05, 4.69) is 30.6 Å². The van der Waals surface area contributed by atoms with E-state index in [0.29, 0.717) is 43.6 Å². The quantitative estimate of drug-likeness (QED) is 0.347. The minimum absolute atomic E-state index is 0.0176. The lowest BCUT2D eigenvalue weighted by Crippen LogP contribution is -2.31. The molecule has 5 rings (SSSR count). The average Bonchev–Trinajstić information content (AvgIpc) is 3.65. The second-order valence-corrected chi connectivity index (χ2v) is 11.1. The van der Waals surface area contributed by atoms with Crippen LogP contribution in [0.1, 0.15) is 6.42 Å². The number of urea groups is 1. The number of aryl methyl sites for hydroxylation is 1. The number of aromatic nitrogens is 5. The molecule has 12 nitrogen and oxygen atoms in total. The smallest absolute Gasteiger partial charge is 0.326 e. The first-order valence-electron chi connectivity index (χ1n) is 11.4. The van der Waals surface area contributed by atoms with Gasteiger partial charge in [0.25, 0.3) is 10.0 Å². The number of nitrogens with zero attached hydrogens (tertiary/aromatic N) is 6. The van der Waals surface area contributed by atoms with Gasteiger partial charge in [-0.3, -0.25) is 15.6 Å². The van der Waals surface area contributed by atoms with Crippen molar-refractivity contribution in [3.8, 4) is 16.5 Å². The highest BCUT2D eigenvalue weighted by molar-refractivity contribution is 7.89. The van der Waals surface area contributed by atoms with Gasteiger partial charge in [-0.25, -0.2) is 23.2 Å². The molecule has 4 aromatic rings. The molecule has 2 amide bonds. The number of carbonyl (C=O) groups excluding carboxylic acids is 1. The van der Waals surface area contributed by atoms with Crippen LogP contribution >= 0.6 is 11.3 Å². The summed E-state index contributed by atoms with van der Waals surface area (Å²) in [6.07, 6.45) is 6.86. The van der Waals surface area contributed by atoms with Crippen molar-refractivity contribution in [2.24, 2.45) is 13.0 Å². The maximum atomic E-state index is 12.8. The molecule has 0 saturated carbocycles. The molecule has 37 heavy (non-hydrogen) atoms. The molecule has 1 atom stereocenters. The Labute approximate surface area is 217 Å². The minimum Gasteiger partial charge on any atom is -0.477 e. The predicted octanol–water partition coefficient (Wildman–Crippen LogP) is 3.07. The topological polar surface area (TPSA) is 144 Å². The van der Waals surface area contributed by atoms with Crippen LogP contribution in [-0.2, 0) is 17.1 Å². The number of ether oxygens (including phenoxy) is 1. The average molecular weight is 541 g/mol. The first-order chi connectivity index (χ1) is 17.9. The van der Waals surface area contributed by atoms with Crippen molar-refractivity contribution in [3.63, 3.8) is 0 Å². The monoisotopic (exact) mass is 540 g/mol. The molecule has 5 heterocycles. The molecule has 4 aromatic heterocycles. The van der Waals surface area contributed by atoms with E-state index in [1.165, 1.54) is 32.7 Å². The number of thiazole rings is 1. The molecule has 1 unspecified atom stereocenters. The maximum Gasteiger partial charge on any atom is 0.326 e. The lowest BCUT2D eigenvalue weighted by atomic mass is 10.1. The summed E-state index contributed by atoms with van der Waals surface area (Å²) in [4.78, 5) is 29.1. The summed E-state index contributed by atoms with van der Waals surface area (Å²) >= 11 is 1.41. The fraction of sp³-hybridized carbons (Fsp3) is 0.261. The summed E-state index contributed by atoms with van der Waals surface area (Å²) in [5.74, 6) is 1.09. The number of amides is 2. The lowest BCUT2D eigenvalue weighted by Gasteiger charge is -2.16. The molecule has 0 radical (unpaired) electrons. The van der Waals surface area contributed by atoms with E-state index in [1.54, 1.807) is 43.0 Å². The van der Waals surface area contributed by atoms with Crippen molar-refractivity contribution in [2.75, 3.05) is 30.3 Å². The fourth-order valence-corrected chi connectivity index (χ4v) is 6.25. The molecule has 1 saturated heterocycles. The van der Waals surface area contributed by atoms with Crippen LogP contribution in [0.2, 0.25) is 0 Å². The van der Waals surface area contributed by atoms with Crippen LogP contribution in [0, 0.1) is 5.92 Å². The van der Waals surface area contributed by atoms with Crippen LogP contribution in [0.4, 0.5) is 16.4 Å². The lowest BCUT2D eigenvalue weighted by molar-refractivity contribution is 0.246. The molecule has 2 N–H and O–H groups in total. The maximum absolute atomic E-state index is 12.8. The van der Waals surface area contributed by atoms with Crippen LogP contribution in [0.15, 0.2) is 65.7 Å². The van der Waals surface area contributed by atoms with E-state index in [9.17, 15) is 13.2 Å². The number of carbonyl (C=O) groups is 1. The van der Waals surface area contributed by atoms with Crippen molar-refractivity contribution >= 4 is 39.0 Å². The highest BCUT2D eigenvalue weighted by atomic mass is 32.2. The van der Waals surface area contributed by atoms with Gasteiger partial charge in [-0.05, 0) is 24.6 Å². The summed E-state index contributed by atoms with van der Waals surface area (Å²) in [7, 11) is -1.95. The molecule has 0 bridgehead atoms. The molecule has 1 aliphatic rings. The number of rotatable bonds is 8. The Hall–Kier alpha value is -3.88. The molecule has 0 aromatic carbocycles. The van der Waals surface area contributed by atoms with Crippen LogP contribution < -0.4 is 15.4 Å². The summed E-state index contributed by atoms with van der Waals surface area (Å²) in [5.41, 5.74) is 0.917. The van der Waals surface area contributed by atoms with Crippen LogP contribution in [0.25, 0.3) is 10.6 Å². The standard InChI is InChI=1S/C23H24N8O4S2/c1-30-15-25-11-21(30)37(33,34)31-10-7-16(12-31)13-35-20-4-2-3-18(26-20)28-23(32)29-19-14-36-22(27-19)17-5-8-24-9-6-17/h2-6,8-9,11,14-16H,7,10,12-13H2,1H3,(H2,26,28,29,32). The Morgan fingerprint density at radius 3 is 2.73 bits per heavy atom. The molecule has 1 aliphatic heterocycles. The molecule has 192 valence electrons. The van der Waals surface area contributed by atoms with Crippen LogP contribution in [0.5, 0.6) is 5.88 Å². The van der Waals surface area contributed by atoms with Gasteiger partial charge < -0.3 is 9.30 Å². The second-order valence-electron chi connectivity index (χ2n) is 8.39. The third-order valence-corrected chi connectivity index (χ3v) is 8.56. The third kappa shape index (κ3) is 5.76. The zero-order valence-electron chi connectivity index (χ0n) is 19.8. The molecular formula is C23H24N8O4S2. The van der Waals surface area contributed by atoms with Gasteiger partial charge in [-0.2, -0.15) is 9.29 Å². The molecular weight excluding hydrogens is 516 g/mol. The SMILES string of the molecule is Cn1cncc1S(=O)(=O)N1CCC(COc2cccc(NC(=O)Nc3csc(-c4ccncc4)n3)n2)C1. The Balaban J connectivity index is 1.13. The van der Waals surface area contributed by atoms with E-state index in [1.807, 2.05) is 12.1 Å². The van der Waals surface area contributed by atoms with Gasteiger partial charge in [0.1, 0.15) is 16.6 Å². The van der Waals surface area contributed by atoms with Gasteiger partial charge in [0.15, 0.2) is 5.03 Å². The summed E-state index contributed by atoms with van der Waals surface area (Å²) in [6, 6.07) is 8.26. The van der Waals surface area contributed by atoms with Crippen LogP contribution in [0.3, 0.4) is 0 Å². The third-order valence-electron chi connectivity index (χ3n) is 5.73. The second kappa shape index (κ2) is 10.6. The Kier molecular flexibility index (Phi) is 7.12. The Morgan fingerprint density at radius 1 is 1.14 bits per heavy atom.